The van der Waals surface area contributed by atoms with Gasteiger partial charge in [0.1, 0.15) is 0 Å². The zero-order valence-electron chi connectivity index (χ0n) is 12.1. The van der Waals surface area contributed by atoms with Crippen molar-refractivity contribution in [1.82, 2.24) is 10.2 Å². The Hall–Kier alpha value is -1.06. The molecule has 2 fully saturated rings. The second-order valence-corrected chi connectivity index (χ2v) is 6.05. The van der Waals surface area contributed by atoms with E-state index in [0.29, 0.717) is 18.1 Å². The Labute approximate surface area is 127 Å². The summed E-state index contributed by atoms with van der Waals surface area (Å²) in [6.45, 7) is 2.04. The van der Waals surface area contributed by atoms with Crippen LogP contribution in [0.4, 0.5) is 0 Å². The maximum Gasteiger partial charge on any atom is 0.253 e. The van der Waals surface area contributed by atoms with Crippen LogP contribution in [-0.4, -0.2) is 36.0 Å². The van der Waals surface area contributed by atoms with Crippen molar-refractivity contribution in [1.29, 1.82) is 0 Å². The lowest BCUT2D eigenvalue weighted by molar-refractivity contribution is 0.0681. The van der Waals surface area contributed by atoms with Gasteiger partial charge in [0.2, 0.25) is 0 Å². The van der Waals surface area contributed by atoms with E-state index in [2.05, 4.69) is 5.32 Å². The highest BCUT2D eigenvalue weighted by molar-refractivity contribution is 5.94. The summed E-state index contributed by atoms with van der Waals surface area (Å²) in [6, 6.07) is 9.52. The molecule has 0 spiro atoms. The van der Waals surface area contributed by atoms with Crippen LogP contribution in [0, 0.1) is 6.92 Å². The zero-order chi connectivity index (χ0) is 13.4. The number of benzene rings is 1. The number of hydrogen-bond acceptors (Lipinski definition) is 2. The molecule has 1 aromatic rings. The van der Waals surface area contributed by atoms with Crippen LogP contribution in [0.2, 0.25) is 0 Å². The third kappa shape index (κ3) is 2.99. The highest BCUT2D eigenvalue weighted by Gasteiger charge is 2.36. The van der Waals surface area contributed by atoms with Crippen molar-refractivity contribution in [3.63, 3.8) is 0 Å². The Morgan fingerprint density at radius 1 is 1.15 bits per heavy atom. The van der Waals surface area contributed by atoms with Crippen LogP contribution in [0.1, 0.15) is 41.6 Å². The Morgan fingerprint density at radius 2 is 1.70 bits per heavy atom. The molecule has 1 amide bonds. The minimum Gasteiger partial charge on any atom is -0.339 e. The smallest absolute Gasteiger partial charge is 0.253 e. The summed E-state index contributed by atoms with van der Waals surface area (Å²) < 4.78 is 0. The quantitative estimate of drug-likeness (QED) is 0.910. The number of amides is 1. The maximum absolute atomic E-state index is 12.5. The van der Waals surface area contributed by atoms with E-state index in [-0.39, 0.29) is 18.3 Å². The topological polar surface area (TPSA) is 32.3 Å². The molecule has 20 heavy (non-hydrogen) atoms. The SMILES string of the molecule is Cc1ccc(C(=O)N(C)C2CC3CCC(C2)N3)cc1.Cl. The molecule has 0 aliphatic carbocycles. The number of hydrogen-bond donors (Lipinski definition) is 1. The number of carbonyl (C=O) groups excluding carboxylic acids is 1. The number of nitrogens with one attached hydrogen (secondary N) is 1. The van der Waals surface area contributed by atoms with E-state index in [1.54, 1.807) is 0 Å². The highest BCUT2D eigenvalue weighted by Crippen LogP contribution is 2.29. The zero-order valence-corrected chi connectivity index (χ0v) is 13.0. The van der Waals surface area contributed by atoms with Crippen molar-refractivity contribution >= 4 is 18.3 Å². The minimum atomic E-state index is 0. The summed E-state index contributed by atoms with van der Waals surface area (Å²) in [5, 5.41) is 3.62. The van der Waals surface area contributed by atoms with Gasteiger partial charge in [0.25, 0.3) is 5.91 Å². The van der Waals surface area contributed by atoms with Gasteiger partial charge in [-0.15, -0.1) is 12.4 Å². The summed E-state index contributed by atoms with van der Waals surface area (Å²) in [7, 11) is 1.96. The molecular weight excluding hydrogens is 272 g/mol. The van der Waals surface area contributed by atoms with Gasteiger partial charge in [-0.25, -0.2) is 0 Å². The minimum absolute atomic E-state index is 0. The fourth-order valence-corrected chi connectivity index (χ4v) is 3.41. The predicted molar refractivity (Wildman–Crippen MR) is 83.5 cm³/mol. The molecule has 3 rings (SSSR count). The molecule has 110 valence electrons. The van der Waals surface area contributed by atoms with Gasteiger partial charge in [-0.1, -0.05) is 17.7 Å². The summed E-state index contributed by atoms with van der Waals surface area (Å²) in [5.74, 6) is 0.159. The van der Waals surface area contributed by atoms with Crippen molar-refractivity contribution in [2.45, 2.75) is 50.7 Å². The largest absolute Gasteiger partial charge is 0.339 e. The van der Waals surface area contributed by atoms with Crippen molar-refractivity contribution in [3.05, 3.63) is 35.4 Å². The van der Waals surface area contributed by atoms with Gasteiger partial charge in [0, 0.05) is 30.7 Å². The van der Waals surface area contributed by atoms with E-state index in [4.69, 9.17) is 0 Å². The van der Waals surface area contributed by atoms with Crippen LogP contribution in [0.25, 0.3) is 0 Å². The van der Waals surface area contributed by atoms with Gasteiger partial charge < -0.3 is 10.2 Å². The summed E-state index contributed by atoms with van der Waals surface area (Å²) in [6.07, 6.45) is 4.75. The summed E-state index contributed by atoms with van der Waals surface area (Å²) in [4.78, 5) is 14.4. The molecule has 1 N–H and O–H groups in total. The average molecular weight is 295 g/mol. The molecule has 2 atom stereocenters. The molecule has 2 saturated heterocycles. The predicted octanol–water partition coefficient (Wildman–Crippen LogP) is 2.77. The molecule has 4 heteroatoms. The van der Waals surface area contributed by atoms with Crippen LogP contribution < -0.4 is 5.32 Å². The number of piperidine rings is 1. The monoisotopic (exact) mass is 294 g/mol. The highest BCUT2D eigenvalue weighted by atomic mass is 35.5. The van der Waals surface area contributed by atoms with Crippen LogP contribution in [-0.2, 0) is 0 Å². The third-order valence-corrected chi connectivity index (χ3v) is 4.61. The van der Waals surface area contributed by atoms with E-state index in [9.17, 15) is 4.79 Å². The fraction of sp³-hybridized carbons (Fsp3) is 0.562. The molecule has 2 aliphatic rings. The first kappa shape index (κ1) is 15.3. The maximum atomic E-state index is 12.5. The second-order valence-electron chi connectivity index (χ2n) is 6.05. The van der Waals surface area contributed by atoms with Gasteiger partial charge in [-0.2, -0.15) is 0 Å². The number of fused-ring (bicyclic) bond motifs is 2. The number of rotatable bonds is 2. The lowest BCUT2D eigenvalue weighted by Crippen LogP contribution is -2.48. The first-order chi connectivity index (χ1) is 9.13. The van der Waals surface area contributed by atoms with Crippen molar-refractivity contribution in [2.75, 3.05) is 7.05 Å². The van der Waals surface area contributed by atoms with E-state index >= 15 is 0 Å². The number of halogens is 1. The molecule has 2 aliphatic heterocycles. The Morgan fingerprint density at radius 3 is 2.25 bits per heavy atom. The molecular formula is C16H23ClN2O. The molecule has 0 radical (unpaired) electrons. The first-order valence-electron chi connectivity index (χ1n) is 7.23. The van der Waals surface area contributed by atoms with Crippen LogP contribution in [0.15, 0.2) is 24.3 Å². The van der Waals surface area contributed by atoms with Crippen molar-refractivity contribution < 1.29 is 4.79 Å². The number of nitrogens with zero attached hydrogens (tertiary/aromatic N) is 1. The molecule has 0 saturated carbocycles. The molecule has 2 unspecified atom stereocenters. The average Bonchev–Trinajstić information content (AvgIpc) is 2.76. The number of carbonyl (C=O) groups is 1. The van der Waals surface area contributed by atoms with Gasteiger partial charge in [0.05, 0.1) is 0 Å². The number of aryl methyl sites for hydroxylation is 1. The van der Waals surface area contributed by atoms with E-state index in [1.807, 2.05) is 43.1 Å². The van der Waals surface area contributed by atoms with Crippen molar-refractivity contribution in [3.8, 4) is 0 Å². The summed E-state index contributed by atoms with van der Waals surface area (Å²) >= 11 is 0. The third-order valence-electron chi connectivity index (χ3n) is 4.61. The molecule has 2 heterocycles. The normalized spacial score (nSPS) is 27.8. The lowest BCUT2D eigenvalue weighted by Gasteiger charge is -2.35. The molecule has 2 bridgehead atoms. The van der Waals surface area contributed by atoms with E-state index < -0.39 is 0 Å². The Balaban J connectivity index is 0.00000147. The standard InChI is InChI=1S/C16H22N2O.ClH/c1-11-3-5-12(6-4-11)16(19)18(2)15-9-13-7-8-14(10-15)17-13;/h3-6,13-15,17H,7-10H2,1-2H3;1H. The Bertz CT molecular complexity index is 462. The second kappa shape index (κ2) is 6.15. The summed E-state index contributed by atoms with van der Waals surface area (Å²) in [5.41, 5.74) is 2.00. The van der Waals surface area contributed by atoms with Gasteiger partial charge in [-0.3, -0.25) is 4.79 Å². The van der Waals surface area contributed by atoms with Gasteiger partial charge >= 0.3 is 0 Å². The van der Waals surface area contributed by atoms with Gasteiger partial charge in [-0.05, 0) is 44.7 Å². The molecule has 0 aromatic heterocycles. The first-order valence-corrected chi connectivity index (χ1v) is 7.23. The lowest BCUT2D eigenvalue weighted by atomic mass is 9.98. The van der Waals surface area contributed by atoms with Gasteiger partial charge in [0.15, 0.2) is 0 Å². The van der Waals surface area contributed by atoms with Crippen LogP contribution in [0.5, 0.6) is 0 Å². The van der Waals surface area contributed by atoms with Crippen LogP contribution in [0.3, 0.4) is 0 Å². The molecule has 3 nitrogen and oxygen atoms in total. The van der Waals surface area contributed by atoms with Crippen molar-refractivity contribution in [2.24, 2.45) is 0 Å². The van der Waals surface area contributed by atoms with E-state index in [0.717, 1.165) is 18.4 Å². The Kier molecular flexibility index (Phi) is 4.71. The van der Waals surface area contributed by atoms with E-state index in [1.165, 1.54) is 18.4 Å². The molecule has 1 aromatic carbocycles. The van der Waals surface area contributed by atoms with Crippen LogP contribution >= 0.6 is 12.4 Å². The fourth-order valence-electron chi connectivity index (χ4n) is 3.41.